The van der Waals surface area contributed by atoms with E-state index >= 15 is 0 Å². The van der Waals surface area contributed by atoms with Gasteiger partial charge >= 0.3 is 5.69 Å². The zero-order valence-corrected chi connectivity index (χ0v) is 12.2. The Labute approximate surface area is 123 Å². The quantitative estimate of drug-likeness (QED) is 0.872. The van der Waals surface area contributed by atoms with Gasteiger partial charge in [0.2, 0.25) is 5.91 Å². The molecule has 0 bridgehead atoms. The molecule has 20 heavy (non-hydrogen) atoms. The molecule has 2 heterocycles. The van der Waals surface area contributed by atoms with Gasteiger partial charge in [0.1, 0.15) is 5.82 Å². The summed E-state index contributed by atoms with van der Waals surface area (Å²) in [6, 6.07) is 7.44. The molecule has 0 spiro atoms. The number of hydrogen-bond donors (Lipinski definition) is 2. The lowest BCUT2D eigenvalue weighted by molar-refractivity contribution is -0.120. The predicted octanol–water partition coefficient (Wildman–Crippen LogP) is 1.53. The van der Waals surface area contributed by atoms with Crippen LogP contribution in [0.1, 0.15) is 12.2 Å². The van der Waals surface area contributed by atoms with Crippen molar-refractivity contribution in [2.75, 3.05) is 5.32 Å². The van der Waals surface area contributed by atoms with Crippen molar-refractivity contribution in [3.05, 3.63) is 45.0 Å². The van der Waals surface area contributed by atoms with E-state index in [0.29, 0.717) is 25.2 Å². The SMILES string of the molecule is O=C(Nc1ccc(Br)cc1)C1CCn2c(n[nH]c2=O)C1. The molecule has 7 heteroatoms. The van der Waals surface area contributed by atoms with Crippen molar-refractivity contribution in [2.24, 2.45) is 5.92 Å². The second-order valence-corrected chi connectivity index (χ2v) is 5.70. The fourth-order valence-corrected chi connectivity index (χ4v) is 2.61. The topological polar surface area (TPSA) is 79.8 Å². The zero-order valence-electron chi connectivity index (χ0n) is 10.6. The largest absolute Gasteiger partial charge is 0.343 e. The molecule has 0 saturated heterocycles. The summed E-state index contributed by atoms with van der Waals surface area (Å²) in [6.07, 6.45) is 1.13. The van der Waals surface area contributed by atoms with Gasteiger partial charge in [0.15, 0.2) is 0 Å². The molecule has 6 nitrogen and oxygen atoms in total. The fraction of sp³-hybridized carbons (Fsp3) is 0.308. The molecule has 1 aliphatic heterocycles. The lowest BCUT2D eigenvalue weighted by Gasteiger charge is -2.21. The van der Waals surface area contributed by atoms with Gasteiger partial charge in [-0.25, -0.2) is 9.89 Å². The number of rotatable bonds is 2. The highest BCUT2D eigenvalue weighted by Gasteiger charge is 2.27. The number of H-pyrrole nitrogens is 1. The van der Waals surface area contributed by atoms with Crippen LogP contribution >= 0.6 is 15.9 Å². The molecular formula is C13H13BrN4O2. The van der Waals surface area contributed by atoms with Crippen molar-refractivity contribution in [1.82, 2.24) is 14.8 Å². The number of halogens is 1. The van der Waals surface area contributed by atoms with Gasteiger partial charge in [0.05, 0.1) is 0 Å². The van der Waals surface area contributed by atoms with Crippen LogP contribution in [0.25, 0.3) is 0 Å². The average molecular weight is 337 g/mol. The van der Waals surface area contributed by atoms with Crippen molar-refractivity contribution in [2.45, 2.75) is 19.4 Å². The van der Waals surface area contributed by atoms with Crippen LogP contribution in [0.3, 0.4) is 0 Å². The first-order chi connectivity index (χ1) is 9.63. The second-order valence-electron chi connectivity index (χ2n) is 4.78. The van der Waals surface area contributed by atoms with Gasteiger partial charge in [-0.15, -0.1) is 0 Å². The highest BCUT2D eigenvalue weighted by molar-refractivity contribution is 9.10. The third-order valence-corrected chi connectivity index (χ3v) is 3.98. The molecule has 1 aromatic heterocycles. The molecule has 1 amide bonds. The molecule has 1 aromatic carbocycles. The van der Waals surface area contributed by atoms with Gasteiger partial charge in [-0.3, -0.25) is 9.36 Å². The Bertz CT molecular complexity index is 689. The standard InChI is InChI=1S/C13H13BrN4O2/c14-9-1-3-10(4-2-9)15-12(19)8-5-6-18-11(7-8)16-17-13(18)20/h1-4,8H,5-7H2,(H,15,19)(H,17,20). The maximum atomic E-state index is 12.2. The number of aromatic amines is 1. The normalized spacial score (nSPS) is 17.6. The number of fused-ring (bicyclic) bond motifs is 1. The molecule has 1 unspecified atom stereocenters. The number of nitrogens with zero attached hydrogens (tertiary/aromatic N) is 2. The Balaban J connectivity index is 1.70. The zero-order chi connectivity index (χ0) is 14.1. The van der Waals surface area contributed by atoms with Gasteiger partial charge in [-0.1, -0.05) is 15.9 Å². The van der Waals surface area contributed by atoms with E-state index in [4.69, 9.17) is 0 Å². The summed E-state index contributed by atoms with van der Waals surface area (Å²) in [4.78, 5) is 23.6. The summed E-state index contributed by atoms with van der Waals surface area (Å²) in [6.45, 7) is 0.531. The van der Waals surface area contributed by atoms with E-state index in [0.717, 1.165) is 10.2 Å². The van der Waals surface area contributed by atoms with Crippen molar-refractivity contribution >= 4 is 27.5 Å². The smallest absolute Gasteiger partial charge is 0.326 e. The van der Waals surface area contributed by atoms with Gasteiger partial charge in [0.25, 0.3) is 0 Å². The van der Waals surface area contributed by atoms with Crippen LogP contribution in [0, 0.1) is 5.92 Å². The molecule has 1 aliphatic rings. The van der Waals surface area contributed by atoms with Crippen LogP contribution in [-0.2, 0) is 17.8 Å². The number of hydrogen-bond acceptors (Lipinski definition) is 3. The van der Waals surface area contributed by atoms with Crippen LogP contribution in [0.15, 0.2) is 33.5 Å². The first-order valence-corrected chi connectivity index (χ1v) is 7.13. The predicted molar refractivity (Wildman–Crippen MR) is 77.4 cm³/mol. The number of aromatic nitrogens is 3. The first-order valence-electron chi connectivity index (χ1n) is 6.34. The van der Waals surface area contributed by atoms with E-state index in [1.165, 1.54) is 0 Å². The molecule has 104 valence electrons. The summed E-state index contributed by atoms with van der Waals surface area (Å²) < 4.78 is 2.55. The van der Waals surface area contributed by atoms with Crippen LogP contribution in [0.5, 0.6) is 0 Å². The van der Waals surface area contributed by atoms with Crippen LogP contribution in [0.4, 0.5) is 5.69 Å². The summed E-state index contributed by atoms with van der Waals surface area (Å²) in [7, 11) is 0. The maximum absolute atomic E-state index is 12.2. The fourth-order valence-electron chi connectivity index (χ4n) is 2.35. The molecule has 2 aromatic rings. The molecular weight excluding hydrogens is 324 g/mol. The van der Waals surface area contributed by atoms with Crippen LogP contribution in [0.2, 0.25) is 0 Å². The molecule has 1 atom stereocenters. The van der Waals surface area contributed by atoms with Crippen LogP contribution in [-0.4, -0.2) is 20.7 Å². The number of amides is 1. The summed E-state index contributed by atoms with van der Waals surface area (Å²) in [5, 5.41) is 9.25. The van der Waals surface area contributed by atoms with Crippen molar-refractivity contribution in [3.63, 3.8) is 0 Å². The Morgan fingerprint density at radius 1 is 1.40 bits per heavy atom. The Kier molecular flexibility index (Phi) is 3.43. The first kappa shape index (κ1) is 13.1. The Morgan fingerprint density at radius 3 is 2.90 bits per heavy atom. The molecule has 0 saturated carbocycles. The lowest BCUT2D eigenvalue weighted by atomic mass is 9.97. The van der Waals surface area contributed by atoms with Crippen molar-refractivity contribution < 1.29 is 4.79 Å². The number of nitrogens with one attached hydrogen (secondary N) is 2. The Morgan fingerprint density at radius 2 is 2.15 bits per heavy atom. The van der Waals surface area contributed by atoms with E-state index in [9.17, 15) is 9.59 Å². The van der Waals surface area contributed by atoms with Gasteiger partial charge < -0.3 is 5.32 Å². The van der Waals surface area contributed by atoms with Crippen molar-refractivity contribution in [1.29, 1.82) is 0 Å². The summed E-state index contributed by atoms with van der Waals surface area (Å²) in [5.41, 5.74) is 0.565. The maximum Gasteiger partial charge on any atom is 0.343 e. The Hall–Kier alpha value is -1.89. The van der Waals surface area contributed by atoms with Gasteiger partial charge in [0, 0.05) is 29.0 Å². The number of benzene rings is 1. The van der Waals surface area contributed by atoms with E-state index < -0.39 is 0 Å². The van der Waals surface area contributed by atoms with E-state index in [2.05, 4.69) is 31.4 Å². The third-order valence-electron chi connectivity index (χ3n) is 3.45. The van der Waals surface area contributed by atoms with E-state index in [1.54, 1.807) is 4.57 Å². The molecule has 0 radical (unpaired) electrons. The third kappa shape index (κ3) is 2.53. The minimum atomic E-state index is -0.202. The van der Waals surface area contributed by atoms with Crippen LogP contribution < -0.4 is 11.0 Å². The lowest BCUT2D eigenvalue weighted by Crippen LogP contribution is -2.33. The molecule has 3 rings (SSSR count). The highest BCUT2D eigenvalue weighted by atomic mass is 79.9. The summed E-state index contributed by atoms with van der Waals surface area (Å²) in [5.74, 6) is 0.465. The minimum absolute atomic E-state index is 0.0333. The van der Waals surface area contributed by atoms with Gasteiger partial charge in [-0.2, -0.15) is 5.10 Å². The van der Waals surface area contributed by atoms with E-state index in [-0.39, 0.29) is 17.5 Å². The minimum Gasteiger partial charge on any atom is -0.326 e. The monoisotopic (exact) mass is 336 g/mol. The van der Waals surface area contributed by atoms with E-state index in [1.807, 2.05) is 24.3 Å². The van der Waals surface area contributed by atoms with Gasteiger partial charge in [-0.05, 0) is 30.7 Å². The number of anilines is 1. The molecule has 0 fully saturated rings. The number of carbonyl (C=O) groups is 1. The molecule has 0 aliphatic carbocycles. The second kappa shape index (κ2) is 5.24. The molecule has 2 N–H and O–H groups in total. The average Bonchev–Trinajstić information content (AvgIpc) is 2.82. The number of carbonyl (C=O) groups excluding carboxylic acids is 1. The van der Waals surface area contributed by atoms with Crippen molar-refractivity contribution in [3.8, 4) is 0 Å². The highest BCUT2D eigenvalue weighted by Crippen LogP contribution is 2.20. The summed E-state index contributed by atoms with van der Waals surface area (Å²) >= 11 is 3.35.